The van der Waals surface area contributed by atoms with Crippen molar-refractivity contribution >= 4 is 12.1 Å². The maximum atomic E-state index is 12.7. The molecule has 2 heterocycles. The number of benzene rings is 1. The van der Waals surface area contributed by atoms with E-state index in [0.717, 1.165) is 19.4 Å². The molecule has 1 unspecified atom stereocenters. The number of nitrogens with zero attached hydrogens (tertiary/aromatic N) is 2. The highest BCUT2D eigenvalue weighted by atomic mass is 16.6. The first-order valence-corrected chi connectivity index (χ1v) is 9.17. The zero-order valence-corrected chi connectivity index (χ0v) is 16.0. The molecule has 0 aliphatic carbocycles. The standard InChI is InChI=1S/C20H28N2O4/c1-20(2,3)26-19(24)22-13-15-10-11-16(17(22)18(23)25-4)21(15)12-14-8-6-5-7-9-14/h5-9,15-17H,10-13H2,1-4H3/t15?,16-,17-/m1/s1. The number of likely N-dealkylation sites (tertiary alicyclic amines) is 1. The van der Waals surface area contributed by atoms with E-state index >= 15 is 0 Å². The summed E-state index contributed by atoms with van der Waals surface area (Å²) in [6.45, 7) is 6.75. The Bertz CT molecular complexity index is 656. The van der Waals surface area contributed by atoms with Crippen molar-refractivity contribution in [1.82, 2.24) is 9.80 Å². The highest BCUT2D eigenvalue weighted by molar-refractivity contribution is 5.83. The van der Waals surface area contributed by atoms with Gasteiger partial charge in [0.2, 0.25) is 0 Å². The minimum atomic E-state index is -0.627. The van der Waals surface area contributed by atoms with Crippen LogP contribution in [-0.2, 0) is 20.8 Å². The van der Waals surface area contributed by atoms with Gasteiger partial charge in [-0.15, -0.1) is 0 Å². The molecule has 2 bridgehead atoms. The predicted molar refractivity (Wildman–Crippen MR) is 97.5 cm³/mol. The maximum absolute atomic E-state index is 12.7. The first-order chi connectivity index (χ1) is 12.3. The van der Waals surface area contributed by atoms with E-state index in [0.29, 0.717) is 6.54 Å². The lowest BCUT2D eigenvalue weighted by molar-refractivity contribution is -0.152. The van der Waals surface area contributed by atoms with E-state index in [1.807, 2.05) is 39.0 Å². The van der Waals surface area contributed by atoms with Crippen LogP contribution in [-0.4, -0.2) is 59.2 Å². The highest BCUT2D eigenvalue weighted by Gasteiger charge is 2.52. The van der Waals surface area contributed by atoms with Gasteiger partial charge in [0.05, 0.1) is 7.11 Å². The van der Waals surface area contributed by atoms with E-state index in [1.54, 1.807) is 4.90 Å². The summed E-state index contributed by atoms with van der Waals surface area (Å²) < 4.78 is 10.6. The van der Waals surface area contributed by atoms with Gasteiger partial charge in [-0.1, -0.05) is 30.3 Å². The number of esters is 1. The van der Waals surface area contributed by atoms with Gasteiger partial charge in [-0.05, 0) is 39.2 Å². The Balaban J connectivity index is 1.83. The zero-order chi connectivity index (χ0) is 18.9. The molecule has 2 aliphatic heterocycles. The zero-order valence-electron chi connectivity index (χ0n) is 16.0. The molecule has 0 radical (unpaired) electrons. The molecule has 0 aromatic heterocycles. The van der Waals surface area contributed by atoms with E-state index in [9.17, 15) is 9.59 Å². The van der Waals surface area contributed by atoms with Gasteiger partial charge >= 0.3 is 12.1 Å². The minimum absolute atomic E-state index is 0.0473. The SMILES string of the molecule is COC(=O)[C@H]1[C@H]2CCC(CN1C(=O)OC(C)(C)C)N2Cc1ccccc1. The summed E-state index contributed by atoms with van der Waals surface area (Å²) in [4.78, 5) is 29.2. The molecule has 1 aromatic rings. The van der Waals surface area contributed by atoms with Crippen molar-refractivity contribution in [2.75, 3.05) is 13.7 Å². The van der Waals surface area contributed by atoms with Crippen LogP contribution in [0.1, 0.15) is 39.2 Å². The molecule has 3 rings (SSSR count). The summed E-state index contributed by atoms with van der Waals surface area (Å²) in [5.41, 5.74) is 0.608. The maximum Gasteiger partial charge on any atom is 0.411 e. The van der Waals surface area contributed by atoms with E-state index in [1.165, 1.54) is 12.7 Å². The number of amides is 1. The molecule has 2 fully saturated rings. The Morgan fingerprint density at radius 2 is 1.85 bits per heavy atom. The van der Waals surface area contributed by atoms with Crippen molar-refractivity contribution in [1.29, 1.82) is 0 Å². The normalized spacial score (nSPS) is 25.8. The van der Waals surface area contributed by atoms with Crippen molar-refractivity contribution in [3.05, 3.63) is 35.9 Å². The molecule has 1 aromatic carbocycles. The lowest BCUT2D eigenvalue weighted by atomic mass is 10.0. The molecule has 0 N–H and O–H groups in total. The van der Waals surface area contributed by atoms with Gasteiger partial charge in [-0.25, -0.2) is 9.59 Å². The third-order valence-electron chi connectivity index (χ3n) is 5.08. The average molecular weight is 360 g/mol. The molecule has 0 spiro atoms. The molecule has 1 amide bonds. The summed E-state index contributed by atoms with van der Waals surface area (Å²) in [5.74, 6) is -0.376. The van der Waals surface area contributed by atoms with E-state index in [2.05, 4.69) is 17.0 Å². The van der Waals surface area contributed by atoms with Crippen LogP contribution in [0.25, 0.3) is 0 Å². The number of fused-ring (bicyclic) bond motifs is 2. The number of carbonyl (C=O) groups is 2. The van der Waals surface area contributed by atoms with E-state index in [-0.39, 0.29) is 18.1 Å². The number of piperazine rings is 1. The monoisotopic (exact) mass is 360 g/mol. The predicted octanol–water partition coefficient (Wildman–Crippen LogP) is 2.81. The number of hydrogen-bond acceptors (Lipinski definition) is 5. The fourth-order valence-electron chi connectivity index (χ4n) is 4.00. The van der Waals surface area contributed by atoms with Crippen LogP contribution in [0, 0.1) is 0 Å². The Labute approximate surface area is 155 Å². The number of carbonyl (C=O) groups excluding carboxylic acids is 2. The van der Waals surface area contributed by atoms with Gasteiger partial charge in [0, 0.05) is 25.2 Å². The largest absolute Gasteiger partial charge is 0.467 e. The second-order valence-electron chi connectivity index (χ2n) is 8.06. The fourth-order valence-corrected chi connectivity index (χ4v) is 4.00. The second-order valence-corrected chi connectivity index (χ2v) is 8.06. The van der Waals surface area contributed by atoms with Gasteiger partial charge < -0.3 is 9.47 Å². The Kier molecular flexibility index (Phi) is 5.23. The van der Waals surface area contributed by atoms with Crippen molar-refractivity contribution in [3.8, 4) is 0 Å². The summed E-state index contributed by atoms with van der Waals surface area (Å²) >= 11 is 0. The lowest BCUT2D eigenvalue weighted by Gasteiger charge is -2.45. The summed E-state index contributed by atoms with van der Waals surface area (Å²) in [6.07, 6.45) is 1.39. The van der Waals surface area contributed by atoms with Crippen molar-refractivity contribution in [3.63, 3.8) is 0 Å². The molecule has 2 aliphatic rings. The molecule has 142 valence electrons. The Morgan fingerprint density at radius 1 is 1.15 bits per heavy atom. The van der Waals surface area contributed by atoms with Gasteiger partial charge in [0.1, 0.15) is 11.6 Å². The van der Waals surface area contributed by atoms with E-state index < -0.39 is 17.7 Å². The first-order valence-electron chi connectivity index (χ1n) is 9.17. The minimum Gasteiger partial charge on any atom is -0.467 e. The van der Waals surface area contributed by atoms with Gasteiger partial charge in [0.15, 0.2) is 0 Å². The lowest BCUT2D eigenvalue weighted by Crippen LogP contribution is -2.64. The van der Waals surface area contributed by atoms with Crippen LogP contribution < -0.4 is 0 Å². The molecule has 0 saturated carbocycles. The van der Waals surface area contributed by atoms with Gasteiger partial charge in [0.25, 0.3) is 0 Å². The van der Waals surface area contributed by atoms with Crippen LogP contribution in [0.2, 0.25) is 0 Å². The number of ether oxygens (including phenoxy) is 2. The van der Waals surface area contributed by atoms with E-state index in [4.69, 9.17) is 9.47 Å². The third-order valence-corrected chi connectivity index (χ3v) is 5.08. The average Bonchev–Trinajstić information content (AvgIpc) is 2.85. The number of hydrogen-bond donors (Lipinski definition) is 0. The quantitative estimate of drug-likeness (QED) is 0.776. The molecular formula is C20H28N2O4. The Hall–Kier alpha value is -2.08. The van der Waals surface area contributed by atoms with Crippen molar-refractivity contribution in [2.24, 2.45) is 0 Å². The fraction of sp³-hybridized carbons (Fsp3) is 0.600. The smallest absolute Gasteiger partial charge is 0.411 e. The van der Waals surface area contributed by atoms with Crippen LogP contribution in [0.4, 0.5) is 4.79 Å². The first kappa shape index (κ1) is 18.7. The topological polar surface area (TPSA) is 59.1 Å². The number of methoxy groups -OCH3 is 1. The molecule has 6 heteroatoms. The second kappa shape index (κ2) is 7.27. The molecular weight excluding hydrogens is 332 g/mol. The number of rotatable bonds is 3. The summed E-state index contributed by atoms with van der Waals surface area (Å²) in [6, 6.07) is 9.77. The summed E-state index contributed by atoms with van der Waals surface area (Å²) in [7, 11) is 1.37. The Morgan fingerprint density at radius 3 is 2.46 bits per heavy atom. The molecule has 2 saturated heterocycles. The van der Waals surface area contributed by atoms with Gasteiger partial charge in [-0.2, -0.15) is 0 Å². The van der Waals surface area contributed by atoms with Crippen LogP contribution in [0.3, 0.4) is 0 Å². The van der Waals surface area contributed by atoms with Crippen molar-refractivity contribution in [2.45, 2.75) is 63.9 Å². The van der Waals surface area contributed by atoms with Crippen LogP contribution in [0.5, 0.6) is 0 Å². The van der Waals surface area contributed by atoms with Crippen LogP contribution in [0.15, 0.2) is 30.3 Å². The molecule has 6 nitrogen and oxygen atoms in total. The van der Waals surface area contributed by atoms with Crippen molar-refractivity contribution < 1.29 is 19.1 Å². The summed E-state index contributed by atoms with van der Waals surface area (Å²) in [5, 5.41) is 0. The molecule has 3 atom stereocenters. The third kappa shape index (κ3) is 3.85. The highest BCUT2D eigenvalue weighted by Crippen LogP contribution is 2.36. The van der Waals surface area contributed by atoms with Crippen LogP contribution >= 0.6 is 0 Å². The van der Waals surface area contributed by atoms with Gasteiger partial charge in [-0.3, -0.25) is 9.80 Å². The molecule has 26 heavy (non-hydrogen) atoms.